The fourth-order valence-corrected chi connectivity index (χ4v) is 4.46. The van der Waals surface area contributed by atoms with E-state index in [0.717, 1.165) is 35.4 Å². The Balaban J connectivity index is 1.42. The van der Waals surface area contributed by atoms with E-state index in [0.29, 0.717) is 31.2 Å². The molecule has 31 heavy (non-hydrogen) atoms. The summed E-state index contributed by atoms with van der Waals surface area (Å²) in [5.41, 5.74) is 2.83. The average molecular weight is 442 g/mol. The second-order valence-corrected chi connectivity index (χ2v) is 8.86. The number of nitrogens with zero attached hydrogens (tertiary/aromatic N) is 2. The summed E-state index contributed by atoms with van der Waals surface area (Å²) in [5, 5.41) is 3.65. The first-order chi connectivity index (χ1) is 14.9. The van der Waals surface area contributed by atoms with Crippen LogP contribution in [0.25, 0.3) is 0 Å². The molecule has 1 saturated heterocycles. The summed E-state index contributed by atoms with van der Waals surface area (Å²) in [6.07, 6.45) is 1.50. The van der Waals surface area contributed by atoms with Gasteiger partial charge in [0.2, 0.25) is 5.91 Å². The number of aryl methyl sites for hydroxylation is 1. The largest absolute Gasteiger partial charge is 0.487 e. The summed E-state index contributed by atoms with van der Waals surface area (Å²) < 4.78 is 5.91. The first-order valence-corrected chi connectivity index (χ1v) is 11.1. The van der Waals surface area contributed by atoms with Gasteiger partial charge in [0, 0.05) is 24.7 Å². The van der Waals surface area contributed by atoms with Gasteiger partial charge in [-0.3, -0.25) is 9.69 Å². The second-order valence-electron chi connectivity index (χ2n) is 8.43. The van der Waals surface area contributed by atoms with Gasteiger partial charge in [0.25, 0.3) is 0 Å². The number of likely N-dealkylation sites (tertiary alicyclic amines) is 1. The van der Waals surface area contributed by atoms with E-state index in [4.69, 9.17) is 16.3 Å². The van der Waals surface area contributed by atoms with Gasteiger partial charge in [0.05, 0.1) is 18.2 Å². The van der Waals surface area contributed by atoms with Crippen molar-refractivity contribution in [3.63, 3.8) is 0 Å². The van der Waals surface area contributed by atoms with Crippen molar-refractivity contribution in [3.8, 4) is 5.75 Å². The molecule has 3 amide bonds. The molecule has 2 heterocycles. The van der Waals surface area contributed by atoms with Gasteiger partial charge in [-0.2, -0.15) is 0 Å². The molecule has 4 rings (SSSR count). The Morgan fingerprint density at radius 2 is 2.03 bits per heavy atom. The highest BCUT2D eigenvalue weighted by molar-refractivity contribution is 6.30. The third kappa shape index (κ3) is 4.96. The molecule has 2 aromatic rings. The standard InChI is InChI=1S/C24H28ClN3O3/c1-16-8-9-22-21(11-16)28(14-17(2)31-22)24(30)27-10-4-6-19(15-27)23(29)26-13-18-5-3-7-20(25)12-18/h3,5,7-9,11-12,17,19H,4,6,10,13-15H2,1-2H3,(H,26,29)/t17-,19+/m0/s1. The maximum atomic E-state index is 13.4. The maximum Gasteiger partial charge on any atom is 0.324 e. The monoisotopic (exact) mass is 441 g/mol. The highest BCUT2D eigenvalue weighted by atomic mass is 35.5. The lowest BCUT2D eigenvalue weighted by Gasteiger charge is -2.39. The molecule has 2 atom stereocenters. The summed E-state index contributed by atoms with van der Waals surface area (Å²) in [6.45, 7) is 5.97. The number of hydrogen-bond donors (Lipinski definition) is 1. The smallest absolute Gasteiger partial charge is 0.324 e. The quantitative estimate of drug-likeness (QED) is 0.768. The average Bonchev–Trinajstić information content (AvgIpc) is 2.77. The molecule has 2 aliphatic rings. The molecule has 164 valence electrons. The van der Waals surface area contributed by atoms with Crippen molar-refractivity contribution >= 4 is 29.2 Å². The molecule has 6 nitrogen and oxygen atoms in total. The summed E-state index contributed by atoms with van der Waals surface area (Å²) in [5.74, 6) is 0.488. The van der Waals surface area contributed by atoms with Gasteiger partial charge in [-0.25, -0.2) is 4.79 Å². The third-order valence-electron chi connectivity index (χ3n) is 5.82. The minimum Gasteiger partial charge on any atom is -0.487 e. The van der Waals surface area contributed by atoms with Crippen LogP contribution < -0.4 is 15.0 Å². The Hall–Kier alpha value is -2.73. The Morgan fingerprint density at radius 1 is 1.19 bits per heavy atom. The van der Waals surface area contributed by atoms with Crippen molar-refractivity contribution in [2.24, 2.45) is 5.92 Å². The number of carbonyl (C=O) groups excluding carboxylic acids is 2. The number of anilines is 1. The van der Waals surface area contributed by atoms with Crippen LogP contribution >= 0.6 is 11.6 Å². The number of ether oxygens (including phenoxy) is 1. The van der Waals surface area contributed by atoms with Crippen LogP contribution in [0.4, 0.5) is 10.5 Å². The second kappa shape index (κ2) is 9.18. The number of rotatable bonds is 3. The Bertz CT molecular complexity index is 980. The van der Waals surface area contributed by atoms with Crippen LogP contribution in [0, 0.1) is 12.8 Å². The van der Waals surface area contributed by atoms with Crippen molar-refractivity contribution in [3.05, 3.63) is 58.6 Å². The highest BCUT2D eigenvalue weighted by Crippen LogP contribution is 2.35. The number of amides is 3. The van der Waals surface area contributed by atoms with E-state index in [-0.39, 0.29) is 24.0 Å². The summed E-state index contributed by atoms with van der Waals surface area (Å²) in [6, 6.07) is 13.3. The van der Waals surface area contributed by atoms with E-state index in [1.807, 2.05) is 56.3 Å². The van der Waals surface area contributed by atoms with Gasteiger partial charge in [-0.05, 0) is 62.1 Å². The molecule has 1 N–H and O–H groups in total. The number of carbonyl (C=O) groups is 2. The van der Waals surface area contributed by atoms with Crippen molar-refractivity contribution in [2.75, 3.05) is 24.5 Å². The normalized spacial score (nSPS) is 20.6. The predicted octanol–water partition coefficient (Wildman–Crippen LogP) is 4.38. The molecule has 0 saturated carbocycles. The van der Waals surface area contributed by atoms with Gasteiger partial charge in [-0.15, -0.1) is 0 Å². The van der Waals surface area contributed by atoms with Crippen LogP contribution in [0.15, 0.2) is 42.5 Å². The van der Waals surface area contributed by atoms with Crippen LogP contribution in [-0.4, -0.2) is 42.6 Å². The van der Waals surface area contributed by atoms with Gasteiger partial charge in [-0.1, -0.05) is 29.8 Å². The number of piperidine rings is 1. The minimum absolute atomic E-state index is 0.0240. The predicted molar refractivity (Wildman–Crippen MR) is 122 cm³/mol. The van der Waals surface area contributed by atoms with Gasteiger partial charge in [0.15, 0.2) is 0 Å². The van der Waals surface area contributed by atoms with Crippen molar-refractivity contribution in [1.82, 2.24) is 10.2 Å². The van der Waals surface area contributed by atoms with Crippen LogP contribution in [0.3, 0.4) is 0 Å². The molecule has 1 fully saturated rings. The number of benzene rings is 2. The first-order valence-electron chi connectivity index (χ1n) is 10.8. The summed E-state index contributed by atoms with van der Waals surface area (Å²) >= 11 is 6.02. The van der Waals surface area contributed by atoms with Crippen LogP contribution in [0.5, 0.6) is 5.75 Å². The summed E-state index contributed by atoms with van der Waals surface area (Å²) in [7, 11) is 0. The Kier molecular flexibility index (Phi) is 6.37. The maximum absolute atomic E-state index is 13.4. The first kappa shape index (κ1) is 21.5. The molecule has 7 heteroatoms. The Labute approximate surface area is 188 Å². The molecule has 0 spiro atoms. The topological polar surface area (TPSA) is 61.9 Å². The zero-order valence-corrected chi connectivity index (χ0v) is 18.7. The number of fused-ring (bicyclic) bond motifs is 1. The van der Waals surface area contributed by atoms with E-state index >= 15 is 0 Å². The molecular formula is C24H28ClN3O3. The molecular weight excluding hydrogens is 414 g/mol. The van der Waals surface area contributed by atoms with Crippen molar-refractivity contribution in [2.45, 2.75) is 39.3 Å². The van der Waals surface area contributed by atoms with Crippen molar-refractivity contribution in [1.29, 1.82) is 0 Å². The number of nitrogens with one attached hydrogen (secondary N) is 1. The van der Waals surface area contributed by atoms with E-state index in [1.54, 1.807) is 9.80 Å². The van der Waals surface area contributed by atoms with Crippen molar-refractivity contribution < 1.29 is 14.3 Å². The van der Waals surface area contributed by atoms with E-state index in [2.05, 4.69) is 5.32 Å². The van der Waals surface area contributed by atoms with Crippen LogP contribution in [0.2, 0.25) is 5.02 Å². The molecule has 0 bridgehead atoms. The molecule has 0 unspecified atom stereocenters. The van der Waals surface area contributed by atoms with E-state index in [1.165, 1.54) is 0 Å². The van der Waals surface area contributed by atoms with Gasteiger partial charge < -0.3 is 15.0 Å². The van der Waals surface area contributed by atoms with E-state index < -0.39 is 0 Å². The summed E-state index contributed by atoms with van der Waals surface area (Å²) in [4.78, 5) is 29.8. The SMILES string of the molecule is Cc1ccc2c(c1)N(C(=O)N1CCC[C@@H](C(=O)NCc3cccc(Cl)c3)C1)C[C@H](C)O2. The minimum atomic E-state index is -0.215. The molecule has 2 aromatic carbocycles. The van der Waals surface area contributed by atoms with E-state index in [9.17, 15) is 9.59 Å². The molecule has 0 radical (unpaired) electrons. The lowest BCUT2D eigenvalue weighted by molar-refractivity contribution is -0.126. The molecule has 0 aliphatic carbocycles. The van der Waals surface area contributed by atoms with Gasteiger partial charge in [0.1, 0.15) is 11.9 Å². The molecule has 0 aromatic heterocycles. The zero-order valence-electron chi connectivity index (χ0n) is 17.9. The number of urea groups is 1. The lowest BCUT2D eigenvalue weighted by Crippen LogP contribution is -2.53. The zero-order chi connectivity index (χ0) is 22.0. The lowest BCUT2D eigenvalue weighted by atomic mass is 9.97. The van der Waals surface area contributed by atoms with Crippen LogP contribution in [-0.2, 0) is 11.3 Å². The van der Waals surface area contributed by atoms with Gasteiger partial charge >= 0.3 is 6.03 Å². The van der Waals surface area contributed by atoms with Crippen LogP contribution in [0.1, 0.15) is 30.9 Å². The molecule has 2 aliphatic heterocycles. The number of hydrogen-bond acceptors (Lipinski definition) is 3. The fraction of sp³-hybridized carbons (Fsp3) is 0.417. The third-order valence-corrected chi connectivity index (χ3v) is 6.06. The fourth-order valence-electron chi connectivity index (χ4n) is 4.24. The highest BCUT2D eigenvalue weighted by Gasteiger charge is 2.34. The Morgan fingerprint density at radius 3 is 2.84 bits per heavy atom. The number of halogens is 1.